The Bertz CT molecular complexity index is 889. The molecule has 0 radical (unpaired) electrons. The fourth-order valence-electron chi connectivity index (χ4n) is 4.88. The summed E-state index contributed by atoms with van der Waals surface area (Å²) in [5, 5.41) is 0. The average molecular weight is 378 g/mol. The molecule has 0 spiro atoms. The van der Waals surface area contributed by atoms with Gasteiger partial charge in [-0.1, -0.05) is 73.2 Å². The second kappa shape index (κ2) is 6.89. The minimum absolute atomic E-state index is 0.659. The largest absolute Gasteiger partial charge is 0.400 e. The third kappa shape index (κ3) is 2.42. The number of allylic oxidation sites excluding steroid dienone is 2. The lowest BCUT2D eigenvalue weighted by Crippen LogP contribution is -2.67. The second-order valence-electron chi connectivity index (χ2n) is 8.15. The zero-order valence-electron chi connectivity index (χ0n) is 17.4. The first kappa shape index (κ1) is 20.3. The maximum Gasteiger partial charge on any atom is 0.150 e. The van der Waals surface area contributed by atoms with Crippen LogP contribution >= 0.6 is 0 Å². The lowest BCUT2D eigenvalue weighted by molar-refractivity contribution is -0.117. The SMILES string of the molecule is CC1=C(N)C(C)(N)C(C)(C(ON)(c2ccccc2)c2ccccc2)C(C)=C1C. The van der Waals surface area contributed by atoms with Gasteiger partial charge in [0.25, 0.3) is 0 Å². The molecule has 0 saturated carbocycles. The van der Waals surface area contributed by atoms with Crippen LogP contribution in [0.1, 0.15) is 45.7 Å². The fraction of sp³-hybridized carbons (Fsp3) is 0.333. The molecule has 0 amide bonds. The lowest BCUT2D eigenvalue weighted by Gasteiger charge is -2.58. The van der Waals surface area contributed by atoms with E-state index in [1.54, 1.807) is 0 Å². The molecular weight excluding hydrogens is 346 g/mol. The summed E-state index contributed by atoms with van der Waals surface area (Å²) in [5.41, 5.74) is 16.7. The predicted octanol–water partition coefficient (Wildman–Crippen LogP) is 4.13. The normalized spacial score (nSPS) is 26.0. The van der Waals surface area contributed by atoms with Crippen LogP contribution in [0.5, 0.6) is 0 Å². The number of hydrogen-bond donors (Lipinski definition) is 3. The lowest BCUT2D eigenvalue weighted by atomic mass is 9.50. The van der Waals surface area contributed by atoms with E-state index in [1.807, 2.05) is 74.5 Å². The molecule has 0 heterocycles. The van der Waals surface area contributed by atoms with Crippen molar-refractivity contribution in [3.63, 3.8) is 0 Å². The Kier molecular flexibility index (Phi) is 5.00. The van der Waals surface area contributed by atoms with Crippen LogP contribution in [-0.2, 0) is 10.4 Å². The van der Waals surface area contributed by atoms with Gasteiger partial charge in [0.05, 0.1) is 11.0 Å². The number of benzene rings is 2. The summed E-state index contributed by atoms with van der Waals surface area (Å²) in [5.74, 6) is 6.16. The molecule has 0 aliphatic heterocycles. The molecular formula is C24H31N3O. The quantitative estimate of drug-likeness (QED) is 0.699. The highest BCUT2D eigenvalue weighted by molar-refractivity contribution is 5.55. The van der Waals surface area contributed by atoms with Gasteiger partial charge in [-0.05, 0) is 50.0 Å². The van der Waals surface area contributed by atoms with Crippen molar-refractivity contribution in [1.29, 1.82) is 0 Å². The van der Waals surface area contributed by atoms with Crippen molar-refractivity contribution in [2.24, 2.45) is 22.8 Å². The monoisotopic (exact) mass is 377 g/mol. The Morgan fingerprint density at radius 1 is 0.786 bits per heavy atom. The van der Waals surface area contributed by atoms with Crippen molar-refractivity contribution in [1.82, 2.24) is 0 Å². The van der Waals surface area contributed by atoms with E-state index in [0.717, 1.165) is 27.8 Å². The first-order valence-electron chi connectivity index (χ1n) is 9.59. The Morgan fingerprint density at radius 3 is 1.61 bits per heavy atom. The molecule has 0 aromatic heterocycles. The molecule has 3 rings (SSSR count). The van der Waals surface area contributed by atoms with E-state index in [-0.39, 0.29) is 0 Å². The maximum atomic E-state index is 7.03. The van der Waals surface area contributed by atoms with Crippen molar-refractivity contribution in [2.45, 2.75) is 45.8 Å². The molecule has 1 aliphatic carbocycles. The molecule has 148 valence electrons. The second-order valence-corrected chi connectivity index (χ2v) is 8.15. The molecule has 6 N–H and O–H groups in total. The summed E-state index contributed by atoms with van der Waals surface area (Å²) in [7, 11) is 0. The highest BCUT2D eigenvalue weighted by Gasteiger charge is 2.63. The molecule has 4 heteroatoms. The molecule has 4 nitrogen and oxygen atoms in total. The van der Waals surface area contributed by atoms with E-state index in [1.165, 1.54) is 0 Å². The zero-order chi connectivity index (χ0) is 20.7. The third-order valence-corrected chi connectivity index (χ3v) is 7.12. The van der Waals surface area contributed by atoms with Crippen molar-refractivity contribution >= 4 is 0 Å². The van der Waals surface area contributed by atoms with Crippen LogP contribution in [0.2, 0.25) is 0 Å². The predicted molar refractivity (Wildman–Crippen MR) is 115 cm³/mol. The van der Waals surface area contributed by atoms with Gasteiger partial charge in [0.1, 0.15) is 0 Å². The number of hydrogen-bond acceptors (Lipinski definition) is 4. The van der Waals surface area contributed by atoms with Crippen LogP contribution in [-0.4, -0.2) is 5.54 Å². The van der Waals surface area contributed by atoms with Crippen LogP contribution < -0.4 is 17.4 Å². The van der Waals surface area contributed by atoms with Gasteiger partial charge in [0.15, 0.2) is 5.60 Å². The van der Waals surface area contributed by atoms with Gasteiger partial charge in [0, 0.05) is 5.70 Å². The van der Waals surface area contributed by atoms with E-state index in [4.69, 9.17) is 22.2 Å². The van der Waals surface area contributed by atoms with E-state index in [0.29, 0.717) is 5.70 Å². The minimum Gasteiger partial charge on any atom is -0.400 e. The minimum atomic E-state index is -1.03. The van der Waals surface area contributed by atoms with Crippen LogP contribution in [0.15, 0.2) is 83.1 Å². The summed E-state index contributed by atoms with van der Waals surface area (Å²) >= 11 is 0. The molecule has 2 unspecified atom stereocenters. The van der Waals surface area contributed by atoms with Gasteiger partial charge in [0.2, 0.25) is 0 Å². The van der Waals surface area contributed by atoms with Gasteiger partial charge in [-0.3, -0.25) is 4.84 Å². The molecule has 0 bridgehead atoms. The summed E-state index contributed by atoms with van der Waals surface area (Å²) in [4.78, 5) is 6.00. The Labute approximate surface area is 168 Å². The molecule has 2 atom stereocenters. The van der Waals surface area contributed by atoms with Gasteiger partial charge in [-0.25, -0.2) is 5.90 Å². The van der Waals surface area contributed by atoms with Crippen LogP contribution in [0.3, 0.4) is 0 Å². The van der Waals surface area contributed by atoms with Crippen molar-refractivity contribution in [3.05, 3.63) is 94.2 Å². The van der Waals surface area contributed by atoms with E-state index in [2.05, 4.69) is 20.8 Å². The highest BCUT2D eigenvalue weighted by Crippen LogP contribution is 2.60. The van der Waals surface area contributed by atoms with Crippen molar-refractivity contribution < 1.29 is 4.84 Å². The molecule has 0 saturated heterocycles. The average Bonchev–Trinajstić information content (AvgIpc) is 2.72. The Hall–Kier alpha value is -2.40. The summed E-state index contributed by atoms with van der Waals surface area (Å²) in [6.07, 6.45) is 0. The molecule has 1 aliphatic rings. The van der Waals surface area contributed by atoms with Gasteiger partial charge >= 0.3 is 0 Å². The Balaban J connectivity index is 2.49. The zero-order valence-corrected chi connectivity index (χ0v) is 17.4. The topological polar surface area (TPSA) is 87.3 Å². The number of rotatable bonds is 4. The van der Waals surface area contributed by atoms with Crippen LogP contribution in [0.25, 0.3) is 0 Å². The third-order valence-electron chi connectivity index (χ3n) is 7.12. The maximum absolute atomic E-state index is 7.03. The van der Waals surface area contributed by atoms with E-state index < -0.39 is 16.6 Å². The van der Waals surface area contributed by atoms with Gasteiger partial charge < -0.3 is 11.5 Å². The van der Waals surface area contributed by atoms with E-state index in [9.17, 15) is 0 Å². The first-order chi connectivity index (χ1) is 13.2. The summed E-state index contributed by atoms with van der Waals surface area (Å²) in [6.45, 7) is 10.3. The molecule has 2 aromatic rings. The van der Waals surface area contributed by atoms with Crippen LogP contribution in [0, 0.1) is 5.41 Å². The molecule has 28 heavy (non-hydrogen) atoms. The fourth-order valence-corrected chi connectivity index (χ4v) is 4.88. The van der Waals surface area contributed by atoms with Gasteiger partial charge in [-0.2, -0.15) is 0 Å². The highest BCUT2D eigenvalue weighted by atomic mass is 16.6. The Morgan fingerprint density at radius 2 is 1.21 bits per heavy atom. The van der Waals surface area contributed by atoms with Crippen molar-refractivity contribution in [3.8, 4) is 0 Å². The molecule has 2 aromatic carbocycles. The smallest absolute Gasteiger partial charge is 0.150 e. The van der Waals surface area contributed by atoms with Crippen LogP contribution in [0.4, 0.5) is 0 Å². The summed E-state index contributed by atoms with van der Waals surface area (Å²) < 4.78 is 0. The van der Waals surface area contributed by atoms with E-state index >= 15 is 0 Å². The summed E-state index contributed by atoms with van der Waals surface area (Å²) in [6, 6.07) is 20.0. The van der Waals surface area contributed by atoms with Gasteiger partial charge in [-0.15, -0.1) is 0 Å². The first-order valence-corrected chi connectivity index (χ1v) is 9.59. The molecule has 0 fully saturated rings. The standard InChI is InChI=1S/C24H31N3O/c1-16-17(2)21(25)23(5,26)22(4,18(16)3)24(28-27,19-12-8-6-9-13-19)20-14-10-7-11-15-20/h6-15H,25-27H2,1-5H3. The van der Waals surface area contributed by atoms with Crippen molar-refractivity contribution in [2.75, 3.05) is 0 Å². The number of nitrogens with two attached hydrogens (primary N) is 3.